The number of carboxylic acid groups (broad SMARTS) is 1. The van der Waals surface area contributed by atoms with Crippen LogP contribution in [-0.4, -0.2) is 11.1 Å². The number of hydrogen-bond donors (Lipinski definition) is 2. The molecule has 0 amide bonds. The Morgan fingerprint density at radius 3 is 2.79 bits per heavy atom. The third-order valence-corrected chi connectivity index (χ3v) is 3.09. The first-order valence-corrected chi connectivity index (χ1v) is 5.58. The SMILES string of the molecule is CCCCCc1cc(C(=O)O)c(N)s1. The number of nitrogens with two attached hydrogens (primary N) is 1. The summed E-state index contributed by atoms with van der Waals surface area (Å²) in [6.07, 6.45) is 4.40. The van der Waals surface area contributed by atoms with Gasteiger partial charge in [0.15, 0.2) is 0 Å². The topological polar surface area (TPSA) is 63.3 Å². The number of rotatable bonds is 5. The van der Waals surface area contributed by atoms with E-state index in [9.17, 15) is 4.79 Å². The largest absolute Gasteiger partial charge is 0.478 e. The average molecular weight is 213 g/mol. The Hall–Kier alpha value is -1.03. The molecule has 0 aliphatic heterocycles. The number of aromatic carboxylic acids is 1. The van der Waals surface area contributed by atoms with Crippen molar-refractivity contribution in [1.29, 1.82) is 0 Å². The van der Waals surface area contributed by atoms with Crippen LogP contribution in [0.15, 0.2) is 6.07 Å². The van der Waals surface area contributed by atoms with E-state index < -0.39 is 5.97 Å². The predicted octanol–water partition coefficient (Wildman–Crippen LogP) is 2.76. The summed E-state index contributed by atoms with van der Waals surface area (Å²) >= 11 is 1.39. The highest BCUT2D eigenvalue weighted by Gasteiger charge is 2.11. The van der Waals surface area contributed by atoms with Crippen LogP contribution in [0.2, 0.25) is 0 Å². The molecule has 4 heteroatoms. The lowest BCUT2D eigenvalue weighted by molar-refractivity contribution is 0.0698. The maximum atomic E-state index is 10.7. The van der Waals surface area contributed by atoms with Crippen molar-refractivity contribution in [2.75, 3.05) is 5.73 Å². The van der Waals surface area contributed by atoms with Gasteiger partial charge < -0.3 is 10.8 Å². The number of unbranched alkanes of at least 4 members (excludes halogenated alkanes) is 2. The van der Waals surface area contributed by atoms with Crippen LogP contribution in [0.3, 0.4) is 0 Å². The van der Waals surface area contributed by atoms with E-state index >= 15 is 0 Å². The lowest BCUT2D eigenvalue weighted by Gasteiger charge is -1.93. The summed E-state index contributed by atoms with van der Waals surface area (Å²) in [4.78, 5) is 11.8. The standard InChI is InChI=1S/C10H15NO2S/c1-2-3-4-5-7-6-8(10(12)13)9(11)14-7/h6H,2-5,11H2,1H3,(H,12,13). The second-order valence-corrected chi connectivity index (χ2v) is 4.42. The minimum atomic E-state index is -0.930. The monoisotopic (exact) mass is 213 g/mol. The zero-order chi connectivity index (χ0) is 10.6. The van der Waals surface area contributed by atoms with E-state index in [0.717, 1.165) is 17.7 Å². The molecular formula is C10H15NO2S. The zero-order valence-electron chi connectivity index (χ0n) is 8.25. The van der Waals surface area contributed by atoms with Crippen LogP contribution in [0, 0.1) is 0 Å². The number of carbonyl (C=O) groups is 1. The smallest absolute Gasteiger partial charge is 0.338 e. The van der Waals surface area contributed by atoms with Gasteiger partial charge in [0.05, 0.1) is 5.56 Å². The summed E-state index contributed by atoms with van der Waals surface area (Å²) < 4.78 is 0. The molecule has 78 valence electrons. The fraction of sp³-hybridized carbons (Fsp3) is 0.500. The van der Waals surface area contributed by atoms with Gasteiger partial charge in [-0.2, -0.15) is 0 Å². The molecule has 0 unspecified atom stereocenters. The Labute approximate surface area is 87.6 Å². The molecule has 1 rings (SSSR count). The van der Waals surface area contributed by atoms with Gasteiger partial charge in [-0.25, -0.2) is 4.79 Å². The second kappa shape index (κ2) is 5.00. The summed E-state index contributed by atoms with van der Waals surface area (Å²) in [7, 11) is 0. The van der Waals surface area contributed by atoms with Gasteiger partial charge in [-0.1, -0.05) is 19.8 Å². The minimum Gasteiger partial charge on any atom is -0.478 e. The van der Waals surface area contributed by atoms with E-state index in [4.69, 9.17) is 10.8 Å². The van der Waals surface area contributed by atoms with Gasteiger partial charge in [-0.15, -0.1) is 11.3 Å². The van der Waals surface area contributed by atoms with Crippen LogP contribution in [0.1, 0.15) is 41.4 Å². The Kier molecular flexibility index (Phi) is 3.95. The van der Waals surface area contributed by atoms with Crippen molar-refractivity contribution in [1.82, 2.24) is 0 Å². The van der Waals surface area contributed by atoms with E-state index in [1.165, 1.54) is 24.2 Å². The van der Waals surface area contributed by atoms with Crippen molar-refractivity contribution < 1.29 is 9.90 Å². The number of thiophene rings is 1. The molecule has 0 fully saturated rings. The van der Waals surface area contributed by atoms with Crippen molar-refractivity contribution in [3.63, 3.8) is 0 Å². The molecule has 0 aliphatic carbocycles. The first-order chi connectivity index (χ1) is 6.65. The lowest BCUT2D eigenvalue weighted by Crippen LogP contribution is -1.97. The quantitative estimate of drug-likeness (QED) is 0.739. The van der Waals surface area contributed by atoms with Crippen LogP contribution in [0.5, 0.6) is 0 Å². The predicted molar refractivity (Wildman–Crippen MR) is 58.9 cm³/mol. The van der Waals surface area contributed by atoms with Gasteiger partial charge in [-0.05, 0) is 18.9 Å². The van der Waals surface area contributed by atoms with Crippen molar-refractivity contribution >= 4 is 22.3 Å². The first-order valence-electron chi connectivity index (χ1n) is 4.76. The van der Waals surface area contributed by atoms with Gasteiger partial charge in [0.25, 0.3) is 0 Å². The molecule has 1 aromatic heterocycles. The van der Waals surface area contributed by atoms with E-state index in [0.29, 0.717) is 5.00 Å². The van der Waals surface area contributed by atoms with Crippen LogP contribution < -0.4 is 5.73 Å². The van der Waals surface area contributed by atoms with Crippen molar-refractivity contribution in [2.24, 2.45) is 0 Å². The van der Waals surface area contributed by atoms with Gasteiger partial charge in [0.1, 0.15) is 5.00 Å². The molecule has 3 nitrogen and oxygen atoms in total. The van der Waals surface area contributed by atoms with E-state index in [1.54, 1.807) is 6.07 Å². The highest BCUT2D eigenvalue weighted by Crippen LogP contribution is 2.26. The summed E-state index contributed by atoms with van der Waals surface area (Å²) in [5, 5.41) is 9.20. The summed E-state index contributed by atoms with van der Waals surface area (Å²) in [5.41, 5.74) is 5.84. The molecule has 0 aliphatic rings. The molecule has 0 radical (unpaired) electrons. The zero-order valence-corrected chi connectivity index (χ0v) is 9.06. The Morgan fingerprint density at radius 2 is 2.29 bits per heavy atom. The Morgan fingerprint density at radius 1 is 1.57 bits per heavy atom. The Balaban J connectivity index is 2.62. The molecule has 1 heterocycles. The molecule has 14 heavy (non-hydrogen) atoms. The van der Waals surface area contributed by atoms with Crippen LogP contribution in [0.25, 0.3) is 0 Å². The fourth-order valence-electron chi connectivity index (χ4n) is 1.30. The molecule has 0 saturated carbocycles. The molecule has 0 spiro atoms. The van der Waals surface area contributed by atoms with Gasteiger partial charge in [-0.3, -0.25) is 0 Å². The third kappa shape index (κ3) is 2.73. The normalized spacial score (nSPS) is 10.4. The van der Waals surface area contributed by atoms with Crippen molar-refractivity contribution in [3.8, 4) is 0 Å². The van der Waals surface area contributed by atoms with E-state index in [-0.39, 0.29) is 5.56 Å². The maximum absolute atomic E-state index is 10.7. The number of anilines is 1. The first kappa shape index (κ1) is 11.0. The number of aryl methyl sites for hydroxylation is 1. The van der Waals surface area contributed by atoms with Crippen molar-refractivity contribution in [2.45, 2.75) is 32.6 Å². The van der Waals surface area contributed by atoms with Crippen LogP contribution >= 0.6 is 11.3 Å². The van der Waals surface area contributed by atoms with E-state index in [1.807, 2.05) is 0 Å². The molecule has 3 N–H and O–H groups in total. The highest BCUT2D eigenvalue weighted by molar-refractivity contribution is 7.16. The third-order valence-electron chi connectivity index (χ3n) is 2.07. The number of nitrogen functional groups attached to an aromatic ring is 1. The lowest BCUT2D eigenvalue weighted by atomic mass is 10.1. The van der Waals surface area contributed by atoms with Gasteiger partial charge >= 0.3 is 5.97 Å². The average Bonchev–Trinajstić information content (AvgIpc) is 2.47. The summed E-state index contributed by atoms with van der Waals surface area (Å²) in [6.45, 7) is 2.14. The molecule has 0 saturated heterocycles. The molecular weight excluding hydrogens is 198 g/mol. The van der Waals surface area contributed by atoms with Crippen LogP contribution in [0.4, 0.5) is 5.00 Å². The molecule has 0 aromatic carbocycles. The molecule has 0 bridgehead atoms. The molecule has 1 aromatic rings. The molecule has 0 atom stereocenters. The maximum Gasteiger partial charge on any atom is 0.338 e. The van der Waals surface area contributed by atoms with Gasteiger partial charge in [0, 0.05) is 4.88 Å². The van der Waals surface area contributed by atoms with Gasteiger partial charge in [0.2, 0.25) is 0 Å². The minimum absolute atomic E-state index is 0.251. The van der Waals surface area contributed by atoms with Crippen molar-refractivity contribution in [3.05, 3.63) is 16.5 Å². The fourth-order valence-corrected chi connectivity index (χ4v) is 2.26. The second-order valence-electron chi connectivity index (χ2n) is 3.25. The van der Waals surface area contributed by atoms with E-state index in [2.05, 4.69) is 6.92 Å². The summed E-state index contributed by atoms with van der Waals surface area (Å²) in [6, 6.07) is 1.69. The summed E-state index contributed by atoms with van der Waals surface area (Å²) in [5.74, 6) is -0.930. The number of hydrogen-bond acceptors (Lipinski definition) is 3. The van der Waals surface area contributed by atoms with Crippen LogP contribution in [-0.2, 0) is 6.42 Å². The number of carboxylic acids is 1. The highest BCUT2D eigenvalue weighted by atomic mass is 32.1. The Bertz CT molecular complexity index is 320.